The van der Waals surface area contributed by atoms with Gasteiger partial charge in [0.25, 0.3) is 6.43 Å². The summed E-state index contributed by atoms with van der Waals surface area (Å²) >= 11 is 1.55. The molecule has 1 aromatic rings. The summed E-state index contributed by atoms with van der Waals surface area (Å²) in [5.41, 5.74) is 0.536. The molecule has 172 valence electrons. The van der Waals surface area contributed by atoms with Crippen molar-refractivity contribution in [2.24, 2.45) is 5.92 Å². The van der Waals surface area contributed by atoms with Crippen LogP contribution in [0.4, 0.5) is 13.2 Å². The van der Waals surface area contributed by atoms with Gasteiger partial charge in [-0.05, 0) is 49.8 Å². The number of carbonyl (C=O) groups is 2. The molecule has 31 heavy (non-hydrogen) atoms. The molecule has 0 heterocycles. The van der Waals surface area contributed by atoms with Crippen LogP contribution in [0.5, 0.6) is 5.75 Å². The lowest BCUT2D eigenvalue weighted by molar-refractivity contribution is -0.124. The highest BCUT2D eigenvalue weighted by molar-refractivity contribution is 7.97. The summed E-state index contributed by atoms with van der Waals surface area (Å²) in [6.07, 6.45) is 6.19. The Bertz CT molecular complexity index is 758. The summed E-state index contributed by atoms with van der Waals surface area (Å²) in [5.74, 6) is -0.269. The minimum Gasteiger partial charge on any atom is -0.485 e. The van der Waals surface area contributed by atoms with E-state index in [4.69, 9.17) is 4.74 Å². The summed E-state index contributed by atoms with van der Waals surface area (Å²) in [5, 5.41) is 2.62. The number of benzene rings is 1. The van der Waals surface area contributed by atoms with E-state index in [-0.39, 0.29) is 23.1 Å². The number of hydrogen-bond acceptors (Lipinski definition) is 5. The number of hydrogen-bond donors (Lipinski definition) is 2. The van der Waals surface area contributed by atoms with Crippen LogP contribution in [-0.2, 0) is 15.1 Å². The molecule has 1 aliphatic rings. The van der Waals surface area contributed by atoms with Crippen LogP contribution in [0.2, 0.25) is 0 Å². The molecule has 2 N–H and O–H groups in total. The Morgan fingerprint density at radius 2 is 2.06 bits per heavy atom. The van der Waals surface area contributed by atoms with Crippen LogP contribution in [0.15, 0.2) is 30.4 Å². The summed E-state index contributed by atoms with van der Waals surface area (Å²) in [6, 6.07) is 4.40. The molecule has 0 spiro atoms. The minimum absolute atomic E-state index is 0.0607. The van der Waals surface area contributed by atoms with Gasteiger partial charge in [0.2, 0.25) is 5.91 Å². The van der Waals surface area contributed by atoms with Gasteiger partial charge >= 0.3 is 0 Å². The van der Waals surface area contributed by atoms with Crippen molar-refractivity contribution < 1.29 is 27.5 Å². The number of rotatable bonds is 15. The van der Waals surface area contributed by atoms with Gasteiger partial charge < -0.3 is 14.8 Å². The van der Waals surface area contributed by atoms with E-state index in [2.05, 4.69) is 10.0 Å². The number of alkyl halides is 2. The molecule has 0 radical (unpaired) electrons. The Labute approximate surface area is 185 Å². The molecule has 0 aliphatic heterocycles. The molecule has 1 fully saturated rings. The first-order chi connectivity index (χ1) is 14.9. The fourth-order valence-corrected chi connectivity index (χ4v) is 4.12. The highest BCUT2D eigenvalue weighted by atomic mass is 32.2. The van der Waals surface area contributed by atoms with Crippen molar-refractivity contribution in [2.45, 2.75) is 50.5 Å². The van der Waals surface area contributed by atoms with Gasteiger partial charge in [-0.3, -0.25) is 9.52 Å². The van der Waals surface area contributed by atoms with Gasteiger partial charge in [0, 0.05) is 25.1 Å². The number of allylic oxidation sites excluding steroid dienone is 2. The molecule has 5 nitrogen and oxygen atoms in total. The molecule has 1 aliphatic carbocycles. The molecule has 0 aromatic heterocycles. The van der Waals surface area contributed by atoms with E-state index < -0.39 is 18.8 Å². The molecule has 1 amide bonds. The first-order valence-corrected chi connectivity index (χ1v) is 11.3. The molecule has 1 aromatic carbocycles. The highest BCUT2D eigenvalue weighted by Gasteiger charge is 2.44. The standard InChI is InChI=1S/C22H29F3N2O3S/c1-26-21(29)16(7-5-12-28)6-3-2-4-13-31-27-22(10-11-22)17-8-9-18(23)19(14-17)30-15-20(24)25/h2-3,8-9,12,14,16,20,27H,4-7,10-11,13,15H2,1H3,(H,26,29)/b3-2+. The first-order valence-electron chi connectivity index (χ1n) is 10.3. The largest absolute Gasteiger partial charge is 0.485 e. The number of aldehydes is 1. The predicted molar refractivity (Wildman–Crippen MR) is 116 cm³/mol. The zero-order chi connectivity index (χ0) is 22.7. The number of carbonyl (C=O) groups excluding carboxylic acids is 2. The van der Waals surface area contributed by atoms with E-state index in [0.29, 0.717) is 19.3 Å². The summed E-state index contributed by atoms with van der Waals surface area (Å²) in [6.45, 7) is -0.836. The maximum Gasteiger partial charge on any atom is 0.272 e. The molecule has 0 bridgehead atoms. The SMILES string of the molecule is CNC(=O)C(C/C=C/CCSNC1(c2ccc(F)c(OCC(F)F)c2)CC1)CCC=O. The van der Waals surface area contributed by atoms with E-state index in [1.165, 1.54) is 12.1 Å². The molecule has 9 heteroatoms. The lowest BCUT2D eigenvalue weighted by Crippen LogP contribution is -2.27. The van der Waals surface area contributed by atoms with Crippen LogP contribution < -0.4 is 14.8 Å². The van der Waals surface area contributed by atoms with E-state index in [0.717, 1.165) is 36.9 Å². The summed E-state index contributed by atoms with van der Waals surface area (Å²) < 4.78 is 46.8. The summed E-state index contributed by atoms with van der Waals surface area (Å²) in [4.78, 5) is 22.3. The van der Waals surface area contributed by atoms with Crippen LogP contribution in [0.1, 0.15) is 44.1 Å². The Morgan fingerprint density at radius 1 is 1.29 bits per heavy atom. The van der Waals surface area contributed by atoms with Crippen molar-refractivity contribution >= 4 is 24.1 Å². The van der Waals surface area contributed by atoms with Crippen molar-refractivity contribution in [3.05, 3.63) is 41.7 Å². The second kappa shape index (κ2) is 12.8. The number of amides is 1. The molecule has 0 saturated heterocycles. The maximum atomic E-state index is 13.8. The molecule has 1 atom stereocenters. The Kier molecular flexibility index (Phi) is 10.4. The Balaban J connectivity index is 1.77. The zero-order valence-electron chi connectivity index (χ0n) is 17.5. The van der Waals surface area contributed by atoms with Crippen LogP contribution >= 0.6 is 11.9 Å². The Hall–Kier alpha value is -2.00. The first kappa shape index (κ1) is 25.3. The van der Waals surface area contributed by atoms with E-state index in [9.17, 15) is 22.8 Å². The second-order valence-electron chi connectivity index (χ2n) is 7.43. The molecule has 1 saturated carbocycles. The van der Waals surface area contributed by atoms with Crippen LogP contribution in [0.3, 0.4) is 0 Å². The fraction of sp³-hybridized carbons (Fsp3) is 0.545. The monoisotopic (exact) mass is 458 g/mol. The van der Waals surface area contributed by atoms with E-state index in [1.807, 2.05) is 12.2 Å². The van der Waals surface area contributed by atoms with Crippen LogP contribution in [0, 0.1) is 11.7 Å². The fourth-order valence-electron chi connectivity index (χ4n) is 3.16. The van der Waals surface area contributed by atoms with Gasteiger partial charge in [-0.15, -0.1) is 0 Å². The number of halogens is 3. The van der Waals surface area contributed by atoms with Crippen molar-refractivity contribution in [2.75, 3.05) is 19.4 Å². The van der Waals surface area contributed by atoms with Gasteiger partial charge in [0.15, 0.2) is 11.6 Å². The van der Waals surface area contributed by atoms with Gasteiger partial charge in [0.1, 0.15) is 12.9 Å². The van der Waals surface area contributed by atoms with Gasteiger partial charge in [-0.2, -0.15) is 0 Å². The minimum atomic E-state index is -2.66. The smallest absolute Gasteiger partial charge is 0.272 e. The van der Waals surface area contributed by atoms with Crippen LogP contribution in [-0.4, -0.2) is 38.0 Å². The average molecular weight is 459 g/mol. The summed E-state index contributed by atoms with van der Waals surface area (Å²) in [7, 11) is 1.59. The second-order valence-corrected chi connectivity index (χ2v) is 8.33. The predicted octanol–water partition coefficient (Wildman–Crippen LogP) is 4.37. The molecular formula is C22H29F3N2O3S. The lowest BCUT2D eigenvalue weighted by Gasteiger charge is -2.18. The van der Waals surface area contributed by atoms with Crippen molar-refractivity contribution in [1.82, 2.24) is 10.0 Å². The van der Waals surface area contributed by atoms with Crippen LogP contribution in [0.25, 0.3) is 0 Å². The molecule has 1 unspecified atom stereocenters. The van der Waals surface area contributed by atoms with Crippen molar-refractivity contribution in [3.63, 3.8) is 0 Å². The third-order valence-electron chi connectivity index (χ3n) is 5.09. The topological polar surface area (TPSA) is 67.4 Å². The van der Waals surface area contributed by atoms with Gasteiger partial charge in [-0.1, -0.05) is 30.2 Å². The lowest BCUT2D eigenvalue weighted by atomic mass is 9.98. The quantitative estimate of drug-likeness (QED) is 0.177. The molecule has 2 rings (SSSR count). The Morgan fingerprint density at radius 3 is 2.71 bits per heavy atom. The zero-order valence-corrected chi connectivity index (χ0v) is 18.4. The van der Waals surface area contributed by atoms with E-state index >= 15 is 0 Å². The van der Waals surface area contributed by atoms with Gasteiger partial charge in [-0.25, -0.2) is 13.2 Å². The maximum absolute atomic E-state index is 13.8. The number of nitrogens with one attached hydrogen (secondary N) is 2. The highest BCUT2D eigenvalue weighted by Crippen LogP contribution is 2.47. The van der Waals surface area contributed by atoms with Crippen molar-refractivity contribution in [3.8, 4) is 5.75 Å². The van der Waals surface area contributed by atoms with Gasteiger partial charge in [0.05, 0.1) is 5.54 Å². The third kappa shape index (κ3) is 8.22. The average Bonchev–Trinajstić information content (AvgIpc) is 3.54. The molecular weight excluding hydrogens is 429 g/mol. The van der Waals surface area contributed by atoms with Crippen molar-refractivity contribution in [1.29, 1.82) is 0 Å². The third-order valence-corrected chi connectivity index (χ3v) is 6.07. The number of ether oxygens (including phenoxy) is 1. The van der Waals surface area contributed by atoms with E-state index in [1.54, 1.807) is 25.1 Å². The normalized spacial score (nSPS) is 15.8.